The molecule has 0 radical (unpaired) electrons. The molecule has 0 fully saturated rings. The Morgan fingerprint density at radius 2 is 0.578 bits per heavy atom. The molecule has 2 aromatic heterocycles. The van der Waals surface area contributed by atoms with Crippen molar-refractivity contribution in [3.8, 4) is 113 Å². The molecule has 0 aliphatic carbocycles. The van der Waals surface area contributed by atoms with Gasteiger partial charge in [-0.05, 0) is 174 Å². The van der Waals surface area contributed by atoms with E-state index in [9.17, 15) is 5.26 Å². The van der Waals surface area contributed by atoms with Gasteiger partial charge < -0.3 is 14.4 Å². The third kappa shape index (κ3) is 10.4. The van der Waals surface area contributed by atoms with Crippen LogP contribution in [0.2, 0.25) is 0 Å². The molecule has 17 aromatic rings. The van der Waals surface area contributed by atoms with Crippen LogP contribution in [0.1, 0.15) is 5.56 Å². The Labute approximate surface area is 592 Å². The quantitative estimate of drug-likeness (QED) is 0.114. The molecule has 0 atom stereocenters. The van der Waals surface area contributed by atoms with E-state index in [1.807, 2.05) is 72.8 Å². The molecule has 15 aromatic carbocycles. The first-order chi connectivity index (χ1) is 50.5. The number of nitriles is 1. The van der Waals surface area contributed by atoms with Crippen LogP contribution in [-0.4, -0.2) is 26.2 Å². The highest BCUT2D eigenvalue weighted by molar-refractivity contribution is 7.00. The smallest absolute Gasteiger partial charge is 0.252 e. The van der Waals surface area contributed by atoms with Gasteiger partial charge in [-0.3, -0.25) is 0 Å². The average molecular weight is 1300 g/mol. The maximum absolute atomic E-state index is 10.7. The number of nitrogens with zero attached hydrogens (tertiary/aromatic N) is 7. The second-order valence-electron chi connectivity index (χ2n) is 26.2. The van der Waals surface area contributed by atoms with Crippen LogP contribution in [0, 0.1) is 11.3 Å². The third-order valence-corrected chi connectivity index (χ3v) is 20.3. The fraction of sp³-hybridized carbons (Fsp3) is 0. The van der Waals surface area contributed by atoms with Crippen molar-refractivity contribution in [2.45, 2.75) is 0 Å². The Balaban J connectivity index is 0.879. The monoisotopic (exact) mass is 1300 g/mol. The standard InChI is InChI=1S/C94H60BN7/c96-61-62-36-51-86(81(54-62)94-98-92(70-32-18-6-19-33-70)97-93(99-94)71-34-20-7-21-35-71)102-84-52-43-72(65-26-12-3-13-27-65)55-79(84)80-56-73(44-53-85(80)102)76-59-89-91-90(60-76)101(78-47-39-69(40-48-78)64-24-10-2-11-25-64)88-58-75(67-30-16-5-17-31-67)42-50-83(88)95(91)82-49-41-74(66-28-14-4-15-29-66)57-87(82)100(89)77-45-37-68(38-46-77)63-22-8-1-9-23-63/h1-60H. The molecule has 19 rings (SSSR count). The minimum atomic E-state index is -0.154. The number of hydrogen-bond acceptors (Lipinski definition) is 6. The van der Waals surface area contributed by atoms with E-state index >= 15 is 0 Å². The summed E-state index contributed by atoms with van der Waals surface area (Å²) in [6.07, 6.45) is 0. The molecule has 0 bridgehead atoms. The highest BCUT2D eigenvalue weighted by atomic mass is 15.2. The van der Waals surface area contributed by atoms with Crippen molar-refractivity contribution >= 4 is 79.0 Å². The molecule has 2 aliphatic heterocycles. The lowest BCUT2D eigenvalue weighted by molar-refractivity contribution is 1.06. The number of hydrogen-bond donors (Lipinski definition) is 0. The fourth-order valence-corrected chi connectivity index (χ4v) is 15.4. The Kier molecular flexibility index (Phi) is 14.6. The van der Waals surface area contributed by atoms with Crippen molar-refractivity contribution in [1.82, 2.24) is 19.5 Å². The molecule has 7 nitrogen and oxygen atoms in total. The summed E-state index contributed by atoms with van der Waals surface area (Å²) in [6.45, 7) is -0.154. The Bertz CT molecular complexity index is 5850. The Morgan fingerprint density at radius 1 is 0.255 bits per heavy atom. The van der Waals surface area contributed by atoms with Crippen molar-refractivity contribution in [2.24, 2.45) is 0 Å². The summed E-state index contributed by atoms with van der Waals surface area (Å²) < 4.78 is 2.33. The molecule has 0 spiro atoms. The topological polar surface area (TPSA) is 73.9 Å². The number of fused-ring (bicyclic) bond motifs is 7. The van der Waals surface area contributed by atoms with Gasteiger partial charge in [-0.15, -0.1) is 0 Å². The normalized spacial score (nSPS) is 12.0. The van der Waals surface area contributed by atoms with E-state index in [0.717, 1.165) is 140 Å². The summed E-state index contributed by atoms with van der Waals surface area (Å²) in [5.74, 6) is 1.53. The summed E-state index contributed by atoms with van der Waals surface area (Å²) in [5, 5.41) is 12.8. The summed E-state index contributed by atoms with van der Waals surface area (Å²) in [5.41, 5.74) is 29.5. The van der Waals surface area contributed by atoms with Crippen LogP contribution in [-0.2, 0) is 0 Å². The largest absolute Gasteiger partial charge is 0.311 e. The van der Waals surface area contributed by atoms with Gasteiger partial charge in [-0.25, -0.2) is 15.0 Å². The van der Waals surface area contributed by atoms with Crippen LogP contribution in [0.3, 0.4) is 0 Å². The molecule has 0 N–H and O–H groups in total. The molecule has 474 valence electrons. The lowest BCUT2D eigenvalue weighted by Gasteiger charge is -2.44. The van der Waals surface area contributed by atoms with Crippen molar-refractivity contribution < 1.29 is 0 Å². The van der Waals surface area contributed by atoms with Gasteiger partial charge in [0, 0.05) is 61.6 Å². The summed E-state index contributed by atoms with van der Waals surface area (Å²) in [4.78, 5) is 20.7. The lowest BCUT2D eigenvalue weighted by Crippen LogP contribution is -2.61. The van der Waals surface area contributed by atoms with Crippen molar-refractivity contribution in [3.05, 3.63) is 370 Å². The van der Waals surface area contributed by atoms with E-state index in [1.54, 1.807) is 0 Å². The van der Waals surface area contributed by atoms with Gasteiger partial charge in [-0.2, -0.15) is 5.26 Å². The van der Waals surface area contributed by atoms with Gasteiger partial charge in [0.05, 0.1) is 28.4 Å². The summed E-state index contributed by atoms with van der Waals surface area (Å²) >= 11 is 0. The van der Waals surface area contributed by atoms with Crippen molar-refractivity contribution in [1.29, 1.82) is 5.26 Å². The first-order valence-corrected chi connectivity index (χ1v) is 34.6. The molecule has 0 saturated heterocycles. The van der Waals surface area contributed by atoms with E-state index in [4.69, 9.17) is 15.0 Å². The Hall–Kier alpha value is -13.7. The molecule has 8 heteroatoms. The third-order valence-electron chi connectivity index (χ3n) is 20.3. The second kappa shape index (κ2) is 25.0. The first-order valence-electron chi connectivity index (χ1n) is 34.6. The van der Waals surface area contributed by atoms with E-state index < -0.39 is 0 Å². The zero-order chi connectivity index (χ0) is 67.6. The number of rotatable bonds is 12. The average Bonchev–Trinajstić information content (AvgIpc) is 0.768. The van der Waals surface area contributed by atoms with Crippen LogP contribution in [0.5, 0.6) is 0 Å². The van der Waals surface area contributed by atoms with Crippen LogP contribution in [0.4, 0.5) is 34.1 Å². The molecule has 0 amide bonds. The maximum Gasteiger partial charge on any atom is 0.252 e. The number of anilines is 6. The van der Waals surface area contributed by atoms with E-state index in [2.05, 4.69) is 312 Å². The van der Waals surface area contributed by atoms with Gasteiger partial charge >= 0.3 is 0 Å². The zero-order valence-corrected chi connectivity index (χ0v) is 55.3. The number of aromatic nitrogens is 4. The molecule has 0 unspecified atom stereocenters. The van der Waals surface area contributed by atoms with Gasteiger partial charge in [0.25, 0.3) is 6.71 Å². The zero-order valence-electron chi connectivity index (χ0n) is 55.3. The lowest BCUT2D eigenvalue weighted by atomic mass is 9.33. The summed E-state index contributed by atoms with van der Waals surface area (Å²) in [6, 6.07) is 133. The van der Waals surface area contributed by atoms with Crippen LogP contribution >= 0.6 is 0 Å². The molecular weight excluding hydrogens is 1240 g/mol. The molecule has 2 aliphatic rings. The fourth-order valence-electron chi connectivity index (χ4n) is 15.4. The highest BCUT2D eigenvalue weighted by Gasteiger charge is 2.44. The molecule has 0 saturated carbocycles. The van der Waals surface area contributed by atoms with Crippen LogP contribution in [0.15, 0.2) is 364 Å². The minimum Gasteiger partial charge on any atom is -0.311 e. The van der Waals surface area contributed by atoms with E-state index in [0.29, 0.717) is 28.6 Å². The molecule has 4 heterocycles. The van der Waals surface area contributed by atoms with Gasteiger partial charge in [0.2, 0.25) is 0 Å². The van der Waals surface area contributed by atoms with Crippen LogP contribution in [0.25, 0.3) is 128 Å². The van der Waals surface area contributed by atoms with Crippen molar-refractivity contribution in [2.75, 3.05) is 9.80 Å². The SMILES string of the molecule is N#Cc1ccc(-n2c3ccc(-c4ccccc4)cc3c3cc(-c4cc5c6c(c4)N(c4ccc(-c7ccccc7)cc4)c4cc(-c7ccccc7)ccc4B6c4ccc(-c6ccccc6)cc4N5c4ccc(-c5ccccc5)cc4)ccc32)c(-c2nc(-c3ccccc3)nc(-c3ccccc3)n2)c1. The van der Waals surface area contributed by atoms with E-state index in [1.165, 1.54) is 16.4 Å². The minimum absolute atomic E-state index is 0.154. The van der Waals surface area contributed by atoms with Crippen LogP contribution < -0.4 is 26.2 Å². The summed E-state index contributed by atoms with van der Waals surface area (Å²) in [7, 11) is 0. The Morgan fingerprint density at radius 3 is 0.980 bits per heavy atom. The van der Waals surface area contributed by atoms with Gasteiger partial charge in [-0.1, -0.05) is 273 Å². The number of benzene rings is 15. The maximum atomic E-state index is 10.7. The molecular formula is C94H60BN7. The molecule has 102 heavy (non-hydrogen) atoms. The second-order valence-corrected chi connectivity index (χ2v) is 26.2. The van der Waals surface area contributed by atoms with Gasteiger partial charge in [0.15, 0.2) is 17.5 Å². The predicted molar refractivity (Wildman–Crippen MR) is 422 cm³/mol. The highest BCUT2D eigenvalue weighted by Crippen LogP contribution is 2.49. The van der Waals surface area contributed by atoms with Crippen molar-refractivity contribution in [3.63, 3.8) is 0 Å². The predicted octanol–water partition coefficient (Wildman–Crippen LogP) is 21.9. The van der Waals surface area contributed by atoms with Gasteiger partial charge in [0.1, 0.15) is 0 Å². The first kappa shape index (κ1) is 59.5. The van der Waals surface area contributed by atoms with E-state index in [-0.39, 0.29) is 6.71 Å².